The SMILES string of the molecule is CSc1c(Cl)cc(CC2CCCN2)cc1S(C)(=O)=O. The minimum atomic E-state index is -3.25. The fourth-order valence-electron chi connectivity index (χ4n) is 2.43. The highest BCUT2D eigenvalue weighted by atomic mass is 35.5. The summed E-state index contributed by atoms with van der Waals surface area (Å²) in [6.45, 7) is 1.04. The first-order chi connectivity index (χ1) is 8.91. The third-order valence-corrected chi connectivity index (χ3v) is 5.83. The maximum atomic E-state index is 11.9. The van der Waals surface area contributed by atoms with E-state index in [4.69, 9.17) is 11.6 Å². The van der Waals surface area contributed by atoms with Crippen molar-refractivity contribution in [2.45, 2.75) is 35.1 Å². The molecule has 0 radical (unpaired) electrons. The largest absolute Gasteiger partial charge is 0.314 e. The van der Waals surface area contributed by atoms with Gasteiger partial charge in [0.25, 0.3) is 0 Å². The third kappa shape index (κ3) is 3.66. The van der Waals surface area contributed by atoms with Crippen LogP contribution in [0.3, 0.4) is 0 Å². The molecule has 1 atom stereocenters. The topological polar surface area (TPSA) is 46.2 Å². The van der Waals surface area contributed by atoms with Crippen LogP contribution in [0.15, 0.2) is 21.9 Å². The first-order valence-electron chi connectivity index (χ1n) is 6.21. The molecule has 0 bridgehead atoms. The summed E-state index contributed by atoms with van der Waals surface area (Å²) >= 11 is 7.59. The van der Waals surface area contributed by atoms with Gasteiger partial charge in [0.1, 0.15) is 0 Å². The van der Waals surface area contributed by atoms with Crippen LogP contribution in [0.2, 0.25) is 5.02 Å². The Bertz CT molecular complexity index is 566. The third-order valence-electron chi connectivity index (χ3n) is 3.32. The Hall–Kier alpha value is -0.230. The summed E-state index contributed by atoms with van der Waals surface area (Å²) in [6, 6.07) is 4.10. The van der Waals surface area contributed by atoms with Crippen LogP contribution in [-0.2, 0) is 16.3 Å². The first-order valence-corrected chi connectivity index (χ1v) is 9.71. The van der Waals surface area contributed by atoms with Gasteiger partial charge in [-0.15, -0.1) is 11.8 Å². The lowest BCUT2D eigenvalue weighted by atomic mass is 10.0. The Morgan fingerprint density at radius 1 is 1.47 bits per heavy atom. The molecule has 1 saturated heterocycles. The average molecular weight is 320 g/mol. The number of sulfone groups is 1. The number of thioether (sulfide) groups is 1. The Morgan fingerprint density at radius 2 is 2.21 bits per heavy atom. The van der Waals surface area contributed by atoms with Crippen LogP contribution in [0.4, 0.5) is 0 Å². The van der Waals surface area contributed by atoms with Crippen molar-refractivity contribution < 1.29 is 8.42 Å². The quantitative estimate of drug-likeness (QED) is 0.867. The predicted molar refractivity (Wildman–Crippen MR) is 81.1 cm³/mol. The number of rotatable bonds is 4. The number of halogens is 1. The Morgan fingerprint density at radius 3 is 2.74 bits per heavy atom. The molecular weight excluding hydrogens is 302 g/mol. The second-order valence-electron chi connectivity index (χ2n) is 4.88. The van der Waals surface area contributed by atoms with E-state index in [2.05, 4.69) is 5.32 Å². The van der Waals surface area contributed by atoms with E-state index in [1.54, 1.807) is 6.07 Å². The summed E-state index contributed by atoms with van der Waals surface area (Å²) in [5.41, 5.74) is 0.989. The van der Waals surface area contributed by atoms with E-state index < -0.39 is 9.84 Å². The molecule has 1 aromatic rings. The van der Waals surface area contributed by atoms with E-state index >= 15 is 0 Å². The molecule has 1 aromatic carbocycles. The van der Waals surface area contributed by atoms with Gasteiger partial charge in [-0.1, -0.05) is 11.6 Å². The van der Waals surface area contributed by atoms with Crippen LogP contribution in [-0.4, -0.2) is 33.5 Å². The Kier molecular flexibility index (Phi) is 4.82. The number of hydrogen-bond donors (Lipinski definition) is 1. The fraction of sp³-hybridized carbons (Fsp3) is 0.538. The zero-order valence-electron chi connectivity index (χ0n) is 11.1. The van der Waals surface area contributed by atoms with Crippen molar-refractivity contribution in [2.24, 2.45) is 0 Å². The number of nitrogens with one attached hydrogen (secondary N) is 1. The van der Waals surface area contributed by atoms with Gasteiger partial charge in [-0.3, -0.25) is 0 Å². The molecule has 19 heavy (non-hydrogen) atoms. The lowest BCUT2D eigenvalue weighted by molar-refractivity contribution is 0.594. The van der Waals surface area contributed by atoms with Crippen molar-refractivity contribution >= 4 is 33.2 Å². The summed E-state index contributed by atoms with van der Waals surface area (Å²) in [4.78, 5) is 0.993. The van der Waals surface area contributed by atoms with E-state index in [-0.39, 0.29) is 0 Å². The second-order valence-corrected chi connectivity index (χ2v) is 8.09. The van der Waals surface area contributed by atoms with Crippen molar-refractivity contribution in [2.75, 3.05) is 19.1 Å². The van der Waals surface area contributed by atoms with Crippen molar-refractivity contribution in [3.8, 4) is 0 Å². The molecule has 6 heteroatoms. The molecule has 2 rings (SSSR count). The summed E-state index contributed by atoms with van der Waals surface area (Å²) in [5, 5.41) is 3.94. The second kappa shape index (κ2) is 6.04. The van der Waals surface area contributed by atoms with Crippen LogP contribution in [0.25, 0.3) is 0 Å². The summed E-state index contributed by atoms with van der Waals surface area (Å²) < 4.78 is 23.7. The number of benzene rings is 1. The molecule has 0 saturated carbocycles. The van der Waals surface area contributed by atoms with Gasteiger partial charge >= 0.3 is 0 Å². The van der Waals surface area contributed by atoms with Crippen molar-refractivity contribution in [1.82, 2.24) is 5.32 Å². The predicted octanol–water partition coefficient (Wildman–Crippen LogP) is 2.76. The normalized spacial score (nSPS) is 19.8. The maximum absolute atomic E-state index is 11.9. The fourth-order valence-corrected chi connectivity index (χ4v) is 4.99. The maximum Gasteiger partial charge on any atom is 0.176 e. The molecule has 1 fully saturated rings. The van der Waals surface area contributed by atoms with Crippen LogP contribution in [0, 0.1) is 0 Å². The van der Waals surface area contributed by atoms with Gasteiger partial charge in [-0.2, -0.15) is 0 Å². The number of hydrogen-bond acceptors (Lipinski definition) is 4. The molecular formula is C13H18ClNO2S2. The van der Waals surface area contributed by atoms with Gasteiger partial charge in [0.2, 0.25) is 0 Å². The van der Waals surface area contributed by atoms with Crippen LogP contribution < -0.4 is 5.32 Å². The highest BCUT2D eigenvalue weighted by Crippen LogP contribution is 2.34. The molecule has 0 aromatic heterocycles. The van der Waals surface area contributed by atoms with Crippen LogP contribution in [0.5, 0.6) is 0 Å². The molecule has 0 spiro atoms. The van der Waals surface area contributed by atoms with Crippen LogP contribution in [0.1, 0.15) is 18.4 Å². The van der Waals surface area contributed by atoms with Crippen molar-refractivity contribution in [3.05, 3.63) is 22.7 Å². The molecule has 1 heterocycles. The molecule has 1 aliphatic rings. The minimum Gasteiger partial charge on any atom is -0.314 e. The summed E-state index contributed by atoms with van der Waals surface area (Å²) in [5.74, 6) is 0. The molecule has 1 aliphatic heterocycles. The summed E-state index contributed by atoms with van der Waals surface area (Å²) in [7, 11) is -3.25. The highest BCUT2D eigenvalue weighted by molar-refractivity contribution is 7.99. The van der Waals surface area contributed by atoms with E-state index in [1.165, 1.54) is 24.4 Å². The van der Waals surface area contributed by atoms with E-state index in [9.17, 15) is 8.42 Å². The van der Waals surface area contributed by atoms with Gasteiger partial charge < -0.3 is 5.32 Å². The Balaban J connectivity index is 2.38. The molecule has 106 valence electrons. The van der Waals surface area contributed by atoms with Crippen LogP contribution >= 0.6 is 23.4 Å². The molecule has 1 unspecified atom stereocenters. The van der Waals surface area contributed by atoms with E-state index in [1.807, 2.05) is 12.3 Å². The highest BCUT2D eigenvalue weighted by Gasteiger charge is 2.20. The van der Waals surface area contributed by atoms with Gasteiger partial charge in [0, 0.05) is 17.2 Å². The van der Waals surface area contributed by atoms with Crippen molar-refractivity contribution in [1.29, 1.82) is 0 Å². The molecule has 0 amide bonds. The lowest BCUT2D eigenvalue weighted by Crippen LogP contribution is -2.23. The van der Waals surface area contributed by atoms with Gasteiger partial charge in [-0.05, 0) is 49.8 Å². The first kappa shape index (κ1) is 15.2. The van der Waals surface area contributed by atoms with Gasteiger partial charge in [0.15, 0.2) is 9.84 Å². The smallest absolute Gasteiger partial charge is 0.176 e. The van der Waals surface area contributed by atoms with Gasteiger partial charge in [-0.25, -0.2) is 8.42 Å². The zero-order chi connectivity index (χ0) is 14.0. The average Bonchev–Trinajstić information content (AvgIpc) is 2.80. The standard InChI is InChI=1S/C13H18ClNO2S2/c1-18-13-11(14)7-9(6-10-4-3-5-15-10)8-12(13)19(2,16)17/h7-8,10,15H,3-6H2,1-2H3. The van der Waals surface area contributed by atoms with E-state index in [0.717, 1.165) is 24.9 Å². The lowest BCUT2D eigenvalue weighted by Gasteiger charge is -2.14. The minimum absolute atomic E-state index is 0.348. The molecule has 0 aliphatic carbocycles. The van der Waals surface area contributed by atoms with E-state index in [0.29, 0.717) is 20.9 Å². The molecule has 3 nitrogen and oxygen atoms in total. The Labute approximate surface area is 124 Å². The monoisotopic (exact) mass is 319 g/mol. The molecule has 1 N–H and O–H groups in total. The zero-order valence-corrected chi connectivity index (χ0v) is 13.5. The van der Waals surface area contributed by atoms with Gasteiger partial charge in [0.05, 0.1) is 9.92 Å². The summed E-state index contributed by atoms with van der Waals surface area (Å²) in [6.07, 6.45) is 6.22. The van der Waals surface area contributed by atoms with Crippen molar-refractivity contribution in [3.63, 3.8) is 0 Å².